The minimum Gasteiger partial charge on any atom is -0.358 e. The Kier molecular flexibility index (Phi) is 5.54. The zero-order chi connectivity index (χ0) is 13.0. The summed E-state index contributed by atoms with van der Waals surface area (Å²) in [6.07, 6.45) is -15.4. The van der Waals surface area contributed by atoms with Gasteiger partial charge in [0.2, 0.25) is 6.10 Å². The molecular formula is C8H13F6NO. The minimum absolute atomic E-state index is 0.0547. The molecule has 98 valence electrons. The van der Waals surface area contributed by atoms with Crippen molar-refractivity contribution in [3.8, 4) is 0 Å². The number of halogens is 6. The standard InChI is InChI=1S/C8H13F6NO/c1-5(3-2-4-15)16-6(7(9,10)11)8(12,13)14/h5-6H,2-4,15H2,1H3. The zero-order valence-corrected chi connectivity index (χ0v) is 8.53. The maximum atomic E-state index is 12.0. The molecule has 2 N–H and O–H groups in total. The highest BCUT2D eigenvalue weighted by Gasteiger charge is 2.58. The van der Waals surface area contributed by atoms with E-state index in [1.54, 1.807) is 0 Å². The van der Waals surface area contributed by atoms with Gasteiger partial charge in [0, 0.05) is 0 Å². The van der Waals surface area contributed by atoms with Gasteiger partial charge in [-0.25, -0.2) is 0 Å². The maximum Gasteiger partial charge on any atom is 0.423 e. The van der Waals surface area contributed by atoms with Gasteiger partial charge in [-0.05, 0) is 26.3 Å². The summed E-state index contributed by atoms with van der Waals surface area (Å²) in [5, 5.41) is 0. The van der Waals surface area contributed by atoms with E-state index in [2.05, 4.69) is 4.74 Å². The zero-order valence-electron chi connectivity index (χ0n) is 8.53. The van der Waals surface area contributed by atoms with E-state index < -0.39 is 24.6 Å². The van der Waals surface area contributed by atoms with Crippen molar-refractivity contribution in [3.63, 3.8) is 0 Å². The lowest BCUT2D eigenvalue weighted by molar-refractivity contribution is -0.330. The van der Waals surface area contributed by atoms with Gasteiger partial charge in [0.15, 0.2) is 0 Å². The van der Waals surface area contributed by atoms with Gasteiger partial charge in [0.05, 0.1) is 6.10 Å². The molecule has 0 saturated heterocycles. The van der Waals surface area contributed by atoms with Crippen molar-refractivity contribution >= 4 is 0 Å². The van der Waals surface area contributed by atoms with Crippen LogP contribution in [0.1, 0.15) is 19.8 Å². The lowest BCUT2D eigenvalue weighted by atomic mass is 10.2. The van der Waals surface area contributed by atoms with E-state index in [0.29, 0.717) is 6.42 Å². The smallest absolute Gasteiger partial charge is 0.358 e. The van der Waals surface area contributed by atoms with E-state index in [1.165, 1.54) is 0 Å². The van der Waals surface area contributed by atoms with Gasteiger partial charge in [-0.3, -0.25) is 0 Å². The maximum absolute atomic E-state index is 12.0. The number of rotatable bonds is 5. The molecule has 0 saturated carbocycles. The topological polar surface area (TPSA) is 35.2 Å². The highest BCUT2D eigenvalue weighted by Crippen LogP contribution is 2.36. The van der Waals surface area contributed by atoms with Crippen LogP contribution >= 0.6 is 0 Å². The summed E-state index contributed by atoms with van der Waals surface area (Å²) in [5.74, 6) is 0. The van der Waals surface area contributed by atoms with Crippen LogP contribution in [-0.4, -0.2) is 31.1 Å². The van der Waals surface area contributed by atoms with Crippen molar-refractivity contribution in [1.82, 2.24) is 0 Å². The summed E-state index contributed by atoms with van der Waals surface area (Å²) in [4.78, 5) is 0. The van der Waals surface area contributed by atoms with Gasteiger partial charge in [0.25, 0.3) is 0 Å². The van der Waals surface area contributed by atoms with Crippen LogP contribution in [0.25, 0.3) is 0 Å². The summed E-state index contributed by atoms with van der Waals surface area (Å²) in [7, 11) is 0. The monoisotopic (exact) mass is 253 g/mol. The molecule has 0 heterocycles. The van der Waals surface area contributed by atoms with Crippen molar-refractivity contribution in [2.24, 2.45) is 5.73 Å². The van der Waals surface area contributed by atoms with Gasteiger partial charge < -0.3 is 10.5 Å². The van der Waals surface area contributed by atoms with Crippen LogP contribution in [0, 0.1) is 0 Å². The summed E-state index contributed by atoms with van der Waals surface area (Å²) >= 11 is 0. The molecule has 0 rings (SSSR count). The van der Waals surface area contributed by atoms with Crippen LogP contribution < -0.4 is 5.73 Å². The van der Waals surface area contributed by atoms with E-state index in [0.717, 1.165) is 6.92 Å². The lowest BCUT2D eigenvalue weighted by Gasteiger charge is -2.26. The molecule has 16 heavy (non-hydrogen) atoms. The quantitative estimate of drug-likeness (QED) is 0.764. The molecule has 0 fully saturated rings. The fourth-order valence-corrected chi connectivity index (χ4v) is 1.05. The molecule has 0 aliphatic heterocycles. The third-order valence-electron chi connectivity index (χ3n) is 1.78. The van der Waals surface area contributed by atoms with E-state index in [9.17, 15) is 26.3 Å². The van der Waals surface area contributed by atoms with Crippen LogP contribution in [0.5, 0.6) is 0 Å². The molecule has 0 aromatic heterocycles. The van der Waals surface area contributed by atoms with Crippen LogP contribution in [0.4, 0.5) is 26.3 Å². The number of hydrogen-bond acceptors (Lipinski definition) is 2. The Hall–Kier alpha value is -0.500. The summed E-state index contributed by atoms with van der Waals surface area (Å²) in [6.45, 7) is 1.34. The molecule has 0 aromatic carbocycles. The molecule has 1 unspecified atom stereocenters. The molecule has 0 bridgehead atoms. The largest absolute Gasteiger partial charge is 0.423 e. The first kappa shape index (κ1) is 15.5. The molecule has 2 nitrogen and oxygen atoms in total. The molecule has 0 amide bonds. The van der Waals surface area contributed by atoms with Crippen LogP contribution in [0.15, 0.2) is 0 Å². The fraction of sp³-hybridized carbons (Fsp3) is 1.00. The molecular weight excluding hydrogens is 240 g/mol. The molecule has 0 aliphatic carbocycles. The summed E-state index contributed by atoms with van der Waals surface area (Å²) in [5.41, 5.74) is 5.08. The Balaban J connectivity index is 4.45. The molecule has 8 heteroatoms. The van der Waals surface area contributed by atoms with E-state index >= 15 is 0 Å². The third kappa shape index (κ3) is 5.55. The molecule has 0 aromatic rings. The van der Waals surface area contributed by atoms with Crippen molar-refractivity contribution in [3.05, 3.63) is 0 Å². The highest BCUT2D eigenvalue weighted by molar-refractivity contribution is 4.77. The van der Waals surface area contributed by atoms with Gasteiger partial charge >= 0.3 is 12.4 Å². The van der Waals surface area contributed by atoms with Crippen LogP contribution in [0.2, 0.25) is 0 Å². The number of ether oxygens (including phenoxy) is 1. The first-order chi connectivity index (χ1) is 7.09. The van der Waals surface area contributed by atoms with Crippen LogP contribution in [-0.2, 0) is 4.74 Å². The molecule has 0 spiro atoms. The third-order valence-corrected chi connectivity index (χ3v) is 1.78. The van der Waals surface area contributed by atoms with Gasteiger partial charge in [-0.1, -0.05) is 0 Å². The Labute approximate surface area is 88.7 Å². The highest BCUT2D eigenvalue weighted by atomic mass is 19.4. The van der Waals surface area contributed by atoms with E-state index in [-0.39, 0.29) is 13.0 Å². The fourth-order valence-electron chi connectivity index (χ4n) is 1.05. The van der Waals surface area contributed by atoms with Gasteiger partial charge in [-0.2, -0.15) is 26.3 Å². The number of alkyl halides is 6. The normalized spacial score (nSPS) is 15.6. The average molecular weight is 253 g/mol. The first-order valence-electron chi connectivity index (χ1n) is 4.58. The van der Waals surface area contributed by atoms with E-state index in [1.807, 2.05) is 0 Å². The van der Waals surface area contributed by atoms with E-state index in [4.69, 9.17) is 5.73 Å². The van der Waals surface area contributed by atoms with Gasteiger partial charge in [-0.15, -0.1) is 0 Å². The second-order valence-electron chi connectivity index (χ2n) is 3.34. The first-order valence-corrected chi connectivity index (χ1v) is 4.58. The Morgan fingerprint density at radius 3 is 1.81 bits per heavy atom. The number of hydrogen-bond donors (Lipinski definition) is 1. The van der Waals surface area contributed by atoms with Crippen molar-refractivity contribution in [2.45, 2.75) is 44.3 Å². The van der Waals surface area contributed by atoms with Gasteiger partial charge in [0.1, 0.15) is 0 Å². The summed E-state index contributed by atoms with van der Waals surface area (Å²) < 4.78 is 76.1. The molecule has 1 atom stereocenters. The molecule has 0 radical (unpaired) electrons. The van der Waals surface area contributed by atoms with Crippen molar-refractivity contribution < 1.29 is 31.1 Å². The average Bonchev–Trinajstić information content (AvgIpc) is 2.07. The Morgan fingerprint density at radius 2 is 1.50 bits per heavy atom. The molecule has 0 aliphatic rings. The van der Waals surface area contributed by atoms with Crippen LogP contribution in [0.3, 0.4) is 0 Å². The Bertz CT molecular complexity index is 188. The second kappa shape index (κ2) is 5.72. The van der Waals surface area contributed by atoms with Crippen molar-refractivity contribution in [1.29, 1.82) is 0 Å². The summed E-state index contributed by atoms with van der Waals surface area (Å²) in [6, 6.07) is 0. The Morgan fingerprint density at radius 1 is 1.06 bits per heavy atom. The minimum atomic E-state index is -5.45. The lowest BCUT2D eigenvalue weighted by Crippen LogP contribution is -2.46. The number of nitrogens with two attached hydrogens (primary N) is 1. The second-order valence-corrected chi connectivity index (χ2v) is 3.34. The predicted octanol–water partition coefficient (Wildman–Crippen LogP) is 2.62. The predicted molar refractivity (Wildman–Crippen MR) is 44.7 cm³/mol. The van der Waals surface area contributed by atoms with Crippen molar-refractivity contribution in [2.75, 3.05) is 6.54 Å². The SMILES string of the molecule is CC(CCCN)OC(C(F)(F)F)C(F)(F)F.